The molecule has 148 valence electrons. The second kappa shape index (κ2) is 13.5. The zero-order valence-electron chi connectivity index (χ0n) is 16.0. The molecule has 0 radical (unpaired) electrons. The first kappa shape index (κ1) is 24.2. The molecule has 0 atom stereocenters. The van der Waals surface area contributed by atoms with Crippen LogP contribution >= 0.6 is 24.0 Å². The van der Waals surface area contributed by atoms with Crippen LogP contribution < -0.4 is 20.1 Å². The second-order valence-corrected chi connectivity index (χ2v) is 5.42. The molecule has 0 saturated heterocycles. The average Bonchev–Trinajstić information content (AvgIpc) is 2.62. The fourth-order valence-electron chi connectivity index (χ4n) is 1.91. The number of methoxy groups -OCH3 is 3. The maximum atomic E-state index is 11.7. The molecule has 26 heavy (non-hydrogen) atoms. The van der Waals surface area contributed by atoms with Gasteiger partial charge in [0.25, 0.3) is 0 Å². The Morgan fingerprint density at radius 1 is 1.12 bits per heavy atom. The summed E-state index contributed by atoms with van der Waals surface area (Å²) in [6, 6.07) is 5.63. The SMILES string of the molecule is COCCNC(=NCc1ccc(OC)c(OC)c1)NCC(=O)N(C)C.I. The van der Waals surface area contributed by atoms with Crippen molar-refractivity contribution in [2.24, 2.45) is 4.99 Å². The Morgan fingerprint density at radius 2 is 1.81 bits per heavy atom. The lowest BCUT2D eigenvalue weighted by Gasteiger charge is -2.15. The molecular formula is C17H29IN4O4. The summed E-state index contributed by atoms with van der Waals surface area (Å²) in [4.78, 5) is 17.8. The molecule has 0 heterocycles. The van der Waals surface area contributed by atoms with Gasteiger partial charge >= 0.3 is 0 Å². The largest absolute Gasteiger partial charge is 0.493 e. The van der Waals surface area contributed by atoms with Gasteiger partial charge in [-0.3, -0.25) is 4.79 Å². The molecule has 1 amide bonds. The summed E-state index contributed by atoms with van der Waals surface area (Å²) in [6.45, 7) is 1.72. The van der Waals surface area contributed by atoms with Gasteiger partial charge in [-0.25, -0.2) is 4.99 Å². The zero-order chi connectivity index (χ0) is 18.7. The quantitative estimate of drug-likeness (QED) is 0.238. The van der Waals surface area contributed by atoms with E-state index in [1.807, 2.05) is 18.2 Å². The van der Waals surface area contributed by atoms with Gasteiger partial charge in [0.2, 0.25) is 5.91 Å². The molecule has 9 heteroatoms. The first-order chi connectivity index (χ1) is 12.0. The van der Waals surface area contributed by atoms with Crippen LogP contribution in [0, 0.1) is 0 Å². The van der Waals surface area contributed by atoms with Crippen LogP contribution in [0.15, 0.2) is 23.2 Å². The van der Waals surface area contributed by atoms with E-state index in [4.69, 9.17) is 14.2 Å². The third-order valence-electron chi connectivity index (χ3n) is 3.37. The summed E-state index contributed by atoms with van der Waals surface area (Å²) < 4.78 is 15.5. The zero-order valence-corrected chi connectivity index (χ0v) is 18.3. The minimum absolute atomic E-state index is 0. The molecule has 1 rings (SSSR count). The van der Waals surface area contributed by atoms with E-state index >= 15 is 0 Å². The lowest BCUT2D eigenvalue weighted by atomic mass is 10.2. The number of nitrogens with one attached hydrogen (secondary N) is 2. The fraction of sp³-hybridized carbons (Fsp3) is 0.529. The van der Waals surface area contributed by atoms with Crippen LogP contribution in [-0.4, -0.2) is 71.9 Å². The van der Waals surface area contributed by atoms with E-state index in [-0.39, 0.29) is 36.4 Å². The summed E-state index contributed by atoms with van der Waals surface area (Å²) >= 11 is 0. The number of rotatable bonds is 9. The third kappa shape index (κ3) is 8.56. The number of amides is 1. The molecule has 0 aromatic heterocycles. The number of carbonyl (C=O) groups excluding carboxylic acids is 1. The van der Waals surface area contributed by atoms with E-state index in [0.717, 1.165) is 5.56 Å². The number of likely N-dealkylation sites (N-methyl/N-ethyl adjacent to an activating group) is 1. The Bertz CT molecular complexity index is 582. The van der Waals surface area contributed by atoms with E-state index in [2.05, 4.69) is 15.6 Å². The summed E-state index contributed by atoms with van der Waals surface area (Å²) in [6.07, 6.45) is 0. The van der Waals surface area contributed by atoms with Gasteiger partial charge in [0.05, 0.1) is 33.9 Å². The lowest BCUT2D eigenvalue weighted by Crippen LogP contribution is -2.43. The van der Waals surface area contributed by atoms with Crippen LogP contribution in [0.25, 0.3) is 0 Å². The Morgan fingerprint density at radius 3 is 2.38 bits per heavy atom. The van der Waals surface area contributed by atoms with Crippen LogP contribution in [-0.2, 0) is 16.1 Å². The Hall–Kier alpha value is -1.75. The van der Waals surface area contributed by atoms with Crippen molar-refractivity contribution in [3.05, 3.63) is 23.8 Å². The monoisotopic (exact) mass is 480 g/mol. The molecule has 0 aliphatic heterocycles. The van der Waals surface area contributed by atoms with Crippen molar-refractivity contribution in [2.45, 2.75) is 6.54 Å². The van der Waals surface area contributed by atoms with Crippen molar-refractivity contribution < 1.29 is 19.0 Å². The van der Waals surface area contributed by atoms with Gasteiger partial charge < -0.3 is 29.7 Å². The highest BCUT2D eigenvalue weighted by molar-refractivity contribution is 14.0. The summed E-state index contributed by atoms with van der Waals surface area (Å²) in [7, 11) is 8.24. The molecule has 1 aromatic carbocycles. The molecule has 0 spiro atoms. The van der Waals surface area contributed by atoms with Crippen molar-refractivity contribution in [3.63, 3.8) is 0 Å². The standard InChI is InChI=1S/C17H28N4O4.HI/c1-21(2)16(22)12-20-17(18-8-9-23-3)19-11-13-6-7-14(24-4)15(10-13)25-5;/h6-7,10H,8-9,11-12H2,1-5H3,(H2,18,19,20);1H. The van der Waals surface area contributed by atoms with Gasteiger partial charge in [0, 0.05) is 27.7 Å². The number of guanidine groups is 1. The highest BCUT2D eigenvalue weighted by Gasteiger charge is 2.07. The number of ether oxygens (including phenoxy) is 3. The molecule has 0 saturated carbocycles. The average molecular weight is 480 g/mol. The molecule has 0 fully saturated rings. The van der Waals surface area contributed by atoms with Crippen molar-refractivity contribution in [3.8, 4) is 11.5 Å². The molecular weight excluding hydrogens is 451 g/mol. The molecule has 0 bridgehead atoms. The highest BCUT2D eigenvalue weighted by atomic mass is 127. The van der Waals surface area contributed by atoms with Crippen LogP contribution in [0.5, 0.6) is 11.5 Å². The normalized spacial score (nSPS) is 10.6. The summed E-state index contributed by atoms with van der Waals surface area (Å²) in [5.74, 6) is 1.83. The first-order valence-electron chi connectivity index (χ1n) is 7.94. The number of aliphatic imine (C=N–C) groups is 1. The van der Waals surface area contributed by atoms with Crippen molar-refractivity contribution in [1.29, 1.82) is 0 Å². The van der Waals surface area contributed by atoms with Gasteiger partial charge in [-0.1, -0.05) is 6.07 Å². The first-order valence-corrected chi connectivity index (χ1v) is 7.94. The van der Waals surface area contributed by atoms with E-state index in [1.165, 1.54) is 4.90 Å². The van der Waals surface area contributed by atoms with Gasteiger partial charge in [-0.15, -0.1) is 24.0 Å². The molecule has 2 N–H and O–H groups in total. The van der Waals surface area contributed by atoms with E-state index in [9.17, 15) is 4.79 Å². The topological polar surface area (TPSA) is 84.4 Å². The Kier molecular flexibility index (Phi) is 12.5. The van der Waals surface area contributed by atoms with Crippen LogP contribution in [0.1, 0.15) is 5.56 Å². The molecule has 0 aliphatic carbocycles. The highest BCUT2D eigenvalue weighted by Crippen LogP contribution is 2.27. The minimum Gasteiger partial charge on any atom is -0.493 e. The molecule has 0 aliphatic rings. The second-order valence-electron chi connectivity index (χ2n) is 5.42. The number of halogens is 1. The van der Waals surface area contributed by atoms with Crippen molar-refractivity contribution >= 4 is 35.8 Å². The number of benzene rings is 1. The number of hydrogen-bond donors (Lipinski definition) is 2. The summed E-state index contributed by atoms with van der Waals surface area (Å²) in [5, 5.41) is 6.14. The molecule has 0 unspecified atom stereocenters. The smallest absolute Gasteiger partial charge is 0.241 e. The fourth-order valence-corrected chi connectivity index (χ4v) is 1.91. The van der Waals surface area contributed by atoms with E-state index in [1.54, 1.807) is 35.4 Å². The summed E-state index contributed by atoms with van der Waals surface area (Å²) in [5.41, 5.74) is 0.962. The van der Waals surface area contributed by atoms with Gasteiger partial charge in [0.1, 0.15) is 0 Å². The van der Waals surface area contributed by atoms with Crippen LogP contribution in [0.2, 0.25) is 0 Å². The predicted molar refractivity (Wildman–Crippen MR) is 113 cm³/mol. The Labute approximate surface area is 172 Å². The Balaban J connectivity index is 0.00000625. The van der Waals surface area contributed by atoms with Crippen LogP contribution in [0.3, 0.4) is 0 Å². The number of nitrogens with zero attached hydrogens (tertiary/aromatic N) is 2. The number of carbonyl (C=O) groups is 1. The maximum Gasteiger partial charge on any atom is 0.241 e. The van der Waals surface area contributed by atoms with Crippen molar-refractivity contribution in [2.75, 3.05) is 55.1 Å². The van der Waals surface area contributed by atoms with E-state index in [0.29, 0.717) is 37.2 Å². The van der Waals surface area contributed by atoms with E-state index < -0.39 is 0 Å². The molecule has 1 aromatic rings. The van der Waals surface area contributed by atoms with Gasteiger partial charge in [0.15, 0.2) is 17.5 Å². The van der Waals surface area contributed by atoms with Crippen LogP contribution in [0.4, 0.5) is 0 Å². The molecule has 8 nitrogen and oxygen atoms in total. The third-order valence-corrected chi connectivity index (χ3v) is 3.37. The minimum atomic E-state index is -0.0349. The predicted octanol–water partition coefficient (Wildman–Crippen LogP) is 1.09. The maximum absolute atomic E-state index is 11.7. The number of hydrogen-bond acceptors (Lipinski definition) is 5. The van der Waals surface area contributed by atoms with Crippen molar-refractivity contribution in [1.82, 2.24) is 15.5 Å². The van der Waals surface area contributed by atoms with Gasteiger partial charge in [-0.2, -0.15) is 0 Å². The lowest BCUT2D eigenvalue weighted by molar-refractivity contribution is -0.127. The van der Waals surface area contributed by atoms with Gasteiger partial charge in [-0.05, 0) is 17.7 Å².